The minimum atomic E-state index is 0. The molecule has 58 valence electrons. The third-order valence-corrected chi connectivity index (χ3v) is 0.607. The van der Waals surface area contributed by atoms with E-state index < -0.39 is 0 Å². The average molecular weight is 225 g/mol. The molecule has 0 saturated heterocycles. The molecule has 0 atom stereocenters. The van der Waals surface area contributed by atoms with Crippen molar-refractivity contribution in [3.05, 3.63) is 42.8 Å². The second-order valence-corrected chi connectivity index (χ2v) is 1.65. The van der Waals surface area contributed by atoms with Crippen LogP contribution < -0.4 is 0 Å². The molecule has 0 radical (unpaired) electrons. The monoisotopic (exact) mass is 224 g/mol. The Kier molecular flexibility index (Phi) is 26.8. The molecule has 2 heteroatoms. The minimum absolute atomic E-state index is 0. The van der Waals surface area contributed by atoms with Gasteiger partial charge in [-0.25, -0.2) is 0 Å². The maximum absolute atomic E-state index is 2.89. The number of benzene rings is 1. The smallest absolute Gasteiger partial charge is 0.335 e. The third-order valence-electron chi connectivity index (χ3n) is 0.607. The van der Waals surface area contributed by atoms with Crippen molar-refractivity contribution < 1.29 is 0 Å². The first kappa shape index (κ1) is 17.5. The largest absolute Gasteiger partial charge is 2.00 e. The van der Waals surface area contributed by atoms with E-state index in [1.807, 2.05) is 50.6 Å². The van der Waals surface area contributed by atoms with Gasteiger partial charge in [0.2, 0.25) is 0 Å². The van der Waals surface area contributed by atoms with Crippen molar-refractivity contribution in [2.24, 2.45) is 0 Å². The van der Waals surface area contributed by atoms with Gasteiger partial charge in [0.05, 0.1) is 0 Å². The molecule has 0 amide bonds. The van der Waals surface area contributed by atoms with Crippen LogP contribution in [-0.2, 0) is 0 Å². The Morgan fingerprint density at radius 3 is 1.45 bits per heavy atom. The van der Waals surface area contributed by atoms with Gasteiger partial charge in [0.15, 0.2) is 0 Å². The first-order valence-corrected chi connectivity index (χ1v) is 3.07. The fourth-order valence-corrected chi connectivity index (χ4v) is 0.342. The van der Waals surface area contributed by atoms with Gasteiger partial charge in [-0.2, -0.15) is 50.2 Å². The van der Waals surface area contributed by atoms with Gasteiger partial charge in [0.1, 0.15) is 0 Å². The summed E-state index contributed by atoms with van der Waals surface area (Å²) in [6.45, 7) is 4.00. The maximum atomic E-state index is 2.89. The Labute approximate surface area is 96.3 Å². The Morgan fingerprint density at radius 2 is 1.36 bits per heavy atom. The molecule has 0 aromatic heterocycles. The first-order chi connectivity index (χ1) is 4.41. The quantitative estimate of drug-likeness (QED) is 0.470. The summed E-state index contributed by atoms with van der Waals surface area (Å²) < 4.78 is 0. The summed E-state index contributed by atoms with van der Waals surface area (Å²) in [7, 11) is 0. The van der Waals surface area contributed by atoms with Crippen LogP contribution in [0.1, 0.15) is 13.8 Å². The summed E-state index contributed by atoms with van der Waals surface area (Å²) in [4.78, 5) is 0. The van der Waals surface area contributed by atoms with E-state index in [2.05, 4.69) is 6.07 Å². The zero-order valence-corrected chi connectivity index (χ0v) is 10.2. The van der Waals surface area contributed by atoms with Gasteiger partial charge in [0.25, 0.3) is 0 Å². The van der Waals surface area contributed by atoms with Crippen molar-refractivity contribution >= 4 is 40.0 Å². The van der Waals surface area contributed by atoms with Crippen molar-refractivity contribution in [1.29, 1.82) is 0 Å². The van der Waals surface area contributed by atoms with Crippen molar-refractivity contribution in [2.75, 3.05) is 0 Å². The molecular formula is C9H13BrMg. The zero-order valence-electron chi connectivity index (χ0n) is 7.08. The topological polar surface area (TPSA) is 0 Å². The van der Waals surface area contributed by atoms with E-state index in [4.69, 9.17) is 0 Å². The van der Waals surface area contributed by atoms with E-state index in [-0.39, 0.29) is 40.0 Å². The second-order valence-electron chi connectivity index (χ2n) is 1.65. The van der Waals surface area contributed by atoms with Crippen molar-refractivity contribution in [2.45, 2.75) is 13.8 Å². The molecule has 1 rings (SSSR count). The van der Waals surface area contributed by atoms with E-state index in [1.165, 1.54) is 0 Å². The minimum Gasteiger partial charge on any atom is -0.335 e. The molecule has 1 aromatic carbocycles. The predicted molar refractivity (Wildman–Crippen MR) is 57.0 cm³/mol. The summed E-state index contributed by atoms with van der Waals surface area (Å²) in [5.41, 5.74) is 0. The molecule has 0 spiro atoms. The van der Waals surface area contributed by atoms with Crippen LogP contribution >= 0.6 is 17.0 Å². The fourth-order valence-electron chi connectivity index (χ4n) is 0.342. The third kappa shape index (κ3) is 17.9. The molecule has 11 heavy (non-hydrogen) atoms. The Bertz CT molecular complexity index is 92.4. The van der Waals surface area contributed by atoms with Crippen LogP contribution in [0.25, 0.3) is 0 Å². The standard InChI is InChI=1S/C6H5.C3H7.BrH.Mg/c1-2-4-6-5-3-1;1-3-2;;/h1-5H;3H,1-2H3;1H;/q2*-1;;+2. The molecule has 0 bridgehead atoms. The summed E-state index contributed by atoms with van der Waals surface area (Å²) in [6.07, 6.45) is 2.00. The fraction of sp³-hybridized carbons (Fsp3) is 0.222. The number of hydrogen-bond donors (Lipinski definition) is 0. The zero-order chi connectivity index (χ0) is 6.95. The molecule has 0 saturated carbocycles. The normalized spacial score (nSPS) is 6.00. The molecule has 0 aliphatic carbocycles. The van der Waals surface area contributed by atoms with Crippen LogP contribution in [0.5, 0.6) is 0 Å². The molecule has 0 fully saturated rings. The number of halogens is 1. The Morgan fingerprint density at radius 1 is 1.00 bits per heavy atom. The molecule has 0 unspecified atom stereocenters. The average Bonchev–Trinajstić information content (AvgIpc) is 1.93. The molecular weight excluding hydrogens is 212 g/mol. The first-order valence-electron chi connectivity index (χ1n) is 3.07. The van der Waals surface area contributed by atoms with Gasteiger partial charge in [-0.05, 0) is 0 Å². The Balaban J connectivity index is -0.000000116. The van der Waals surface area contributed by atoms with Crippen molar-refractivity contribution in [1.82, 2.24) is 0 Å². The van der Waals surface area contributed by atoms with Gasteiger partial charge in [-0.3, -0.25) is 0 Å². The molecule has 0 heterocycles. The van der Waals surface area contributed by atoms with Crippen LogP contribution in [0.2, 0.25) is 0 Å². The van der Waals surface area contributed by atoms with Gasteiger partial charge in [0, 0.05) is 0 Å². The van der Waals surface area contributed by atoms with Crippen LogP contribution in [0.4, 0.5) is 0 Å². The maximum Gasteiger partial charge on any atom is 2.00 e. The van der Waals surface area contributed by atoms with Gasteiger partial charge < -0.3 is 6.42 Å². The molecule has 0 N–H and O–H groups in total. The predicted octanol–water partition coefficient (Wildman–Crippen LogP) is 2.91. The molecule has 1 aromatic rings. The van der Waals surface area contributed by atoms with Crippen LogP contribution in [0.3, 0.4) is 0 Å². The summed E-state index contributed by atoms with van der Waals surface area (Å²) in [6, 6.07) is 12.5. The van der Waals surface area contributed by atoms with E-state index in [0.717, 1.165) is 0 Å². The van der Waals surface area contributed by atoms with E-state index in [1.54, 1.807) is 0 Å². The molecule has 0 aliphatic heterocycles. The van der Waals surface area contributed by atoms with Gasteiger partial charge in [-0.15, -0.1) is 17.0 Å². The molecule has 0 aliphatic rings. The van der Waals surface area contributed by atoms with Crippen molar-refractivity contribution in [3.63, 3.8) is 0 Å². The SMILES string of the molecule is Br.C[CH-]C.[Mg+2].[c-]1ccccc1. The number of hydrogen-bond acceptors (Lipinski definition) is 0. The second kappa shape index (κ2) is 16.8. The van der Waals surface area contributed by atoms with E-state index in [9.17, 15) is 0 Å². The van der Waals surface area contributed by atoms with Gasteiger partial charge >= 0.3 is 23.1 Å². The number of rotatable bonds is 0. The van der Waals surface area contributed by atoms with Gasteiger partial charge in [-0.1, -0.05) is 0 Å². The Hall–Kier alpha value is 0.466. The van der Waals surface area contributed by atoms with E-state index >= 15 is 0 Å². The summed E-state index contributed by atoms with van der Waals surface area (Å²) in [5, 5.41) is 0. The van der Waals surface area contributed by atoms with Crippen molar-refractivity contribution in [3.8, 4) is 0 Å². The summed E-state index contributed by atoms with van der Waals surface area (Å²) >= 11 is 0. The summed E-state index contributed by atoms with van der Waals surface area (Å²) in [5.74, 6) is 0. The van der Waals surface area contributed by atoms with Crippen LogP contribution in [0.15, 0.2) is 30.3 Å². The molecule has 0 nitrogen and oxygen atoms in total. The van der Waals surface area contributed by atoms with Crippen LogP contribution in [-0.4, -0.2) is 23.1 Å². The van der Waals surface area contributed by atoms with Crippen LogP contribution in [0, 0.1) is 12.5 Å². The van der Waals surface area contributed by atoms with E-state index in [0.29, 0.717) is 0 Å².